The number of halogens is 3. The number of nitrogens with one attached hydrogen (secondary N) is 2. The monoisotopic (exact) mass is 322 g/mol. The first-order valence-electron chi connectivity index (χ1n) is 6.07. The maximum atomic E-state index is 12.4. The minimum atomic E-state index is -4.41. The van der Waals surface area contributed by atoms with Crippen LogP contribution >= 0.6 is 11.8 Å². The zero-order valence-corrected chi connectivity index (χ0v) is 12.4. The second-order valence-corrected chi connectivity index (χ2v) is 5.68. The second kappa shape index (κ2) is 7.04. The highest BCUT2D eigenvalue weighted by Gasteiger charge is 2.30. The maximum absolute atomic E-state index is 12.4. The van der Waals surface area contributed by atoms with E-state index in [1.165, 1.54) is 23.9 Å². The smallest absolute Gasteiger partial charge is 0.387 e. The van der Waals surface area contributed by atoms with Crippen LogP contribution in [0.3, 0.4) is 0 Å². The third-order valence-corrected chi connectivity index (χ3v) is 3.47. The number of rotatable bonds is 5. The number of hydrogen-bond acceptors (Lipinski definition) is 3. The number of hydrogen-bond donors (Lipinski definition) is 3. The summed E-state index contributed by atoms with van der Waals surface area (Å²) < 4.78 is 37.1. The molecule has 1 rings (SSSR count). The third-order valence-electron chi connectivity index (χ3n) is 2.56. The summed E-state index contributed by atoms with van der Waals surface area (Å²) in [6, 6.07) is 3.53. The van der Waals surface area contributed by atoms with Crippen molar-refractivity contribution >= 4 is 23.5 Å². The molecule has 0 aliphatic carbocycles. The Morgan fingerprint density at radius 2 is 1.86 bits per heavy atom. The van der Waals surface area contributed by atoms with Gasteiger partial charge in [0, 0.05) is 18.0 Å². The van der Waals surface area contributed by atoms with E-state index in [0.717, 1.165) is 12.1 Å². The van der Waals surface area contributed by atoms with Gasteiger partial charge in [0.25, 0.3) is 0 Å². The van der Waals surface area contributed by atoms with Crippen LogP contribution in [-0.2, 0) is 6.18 Å². The predicted octanol–water partition coefficient (Wildman–Crippen LogP) is 2.94. The van der Waals surface area contributed by atoms with Crippen molar-refractivity contribution in [3.05, 3.63) is 29.8 Å². The van der Waals surface area contributed by atoms with E-state index in [2.05, 4.69) is 10.6 Å². The van der Waals surface area contributed by atoms with E-state index >= 15 is 0 Å². The molecule has 1 aromatic carbocycles. The topological polar surface area (TPSA) is 61.4 Å². The Morgan fingerprint density at radius 1 is 1.29 bits per heavy atom. The Hall–Kier alpha value is -1.41. The summed E-state index contributed by atoms with van der Waals surface area (Å²) in [5.41, 5.74) is -1.59. The zero-order chi connectivity index (χ0) is 16.1. The number of benzene rings is 1. The number of aliphatic hydroxyl groups is 1. The Labute approximate surface area is 125 Å². The molecule has 0 radical (unpaired) electrons. The number of thioether (sulfide) groups is 1. The van der Waals surface area contributed by atoms with Gasteiger partial charge in [-0.25, -0.2) is 4.79 Å². The van der Waals surface area contributed by atoms with Gasteiger partial charge in [-0.15, -0.1) is 0 Å². The van der Waals surface area contributed by atoms with Gasteiger partial charge < -0.3 is 15.7 Å². The molecule has 3 N–H and O–H groups in total. The SMILES string of the molecule is CSC[C@@](C)(O)CNC(=O)Nc1ccc(C(F)(F)F)cc1. The molecule has 2 amide bonds. The van der Waals surface area contributed by atoms with Crippen molar-refractivity contribution in [2.75, 3.05) is 23.9 Å². The molecular weight excluding hydrogens is 305 g/mol. The predicted molar refractivity (Wildman–Crippen MR) is 77.5 cm³/mol. The number of amides is 2. The fourth-order valence-electron chi connectivity index (χ4n) is 1.55. The molecule has 0 unspecified atom stereocenters. The van der Waals surface area contributed by atoms with E-state index in [1.807, 2.05) is 6.26 Å². The van der Waals surface area contributed by atoms with Gasteiger partial charge in [0.15, 0.2) is 0 Å². The average molecular weight is 322 g/mol. The molecule has 0 saturated heterocycles. The van der Waals surface area contributed by atoms with Crippen LogP contribution < -0.4 is 10.6 Å². The fraction of sp³-hybridized carbons (Fsp3) is 0.462. The first kappa shape index (κ1) is 17.6. The summed E-state index contributed by atoms with van der Waals surface area (Å²) in [5, 5.41) is 14.7. The van der Waals surface area contributed by atoms with Crippen LogP contribution in [0.25, 0.3) is 0 Å². The van der Waals surface area contributed by atoms with E-state index in [-0.39, 0.29) is 12.2 Å². The van der Waals surface area contributed by atoms with Crippen LogP contribution in [0.4, 0.5) is 23.7 Å². The van der Waals surface area contributed by atoms with Crippen molar-refractivity contribution < 1.29 is 23.1 Å². The number of carbonyl (C=O) groups is 1. The highest BCUT2D eigenvalue weighted by atomic mass is 32.2. The fourth-order valence-corrected chi connectivity index (χ4v) is 2.27. The zero-order valence-electron chi connectivity index (χ0n) is 11.6. The first-order chi connectivity index (χ1) is 9.64. The number of carbonyl (C=O) groups excluding carboxylic acids is 1. The van der Waals surface area contributed by atoms with Crippen LogP contribution in [-0.4, -0.2) is 35.3 Å². The van der Waals surface area contributed by atoms with Gasteiger partial charge in [-0.05, 0) is 37.4 Å². The molecule has 0 aromatic heterocycles. The molecule has 4 nitrogen and oxygen atoms in total. The van der Waals surface area contributed by atoms with Gasteiger partial charge in [0.05, 0.1) is 11.2 Å². The van der Waals surface area contributed by atoms with Crippen molar-refractivity contribution in [3.8, 4) is 0 Å². The van der Waals surface area contributed by atoms with Crippen molar-refractivity contribution in [1.82, 2.24) is 5.32 Å². The summed E-state index contributed by atoms with van der Waals surface area (Å²) in [5.74, 6) is 0.452. The molecule has 0 saturated carbocycles. The van der Waals surface area contributed by atoms with Crippen LogP contribution in [0.1, 0.15) is 12.5 Å². The van der Waals surface area contributed by atoms with Gasteiger partial charge in [-0.2, -0.15) is 24.9 Å². The Kier molecular flexibility index (Phi) is 5.91. The lowest BCUT2D eigenvalue weighted by atomic mass is 10.1. The Balaban J connectivity index is 2.52. The van der Waals surface area contributed by atoms with Crippen LogP contribution in [0.15, 0.2) is 24.3 Å². The van der Waals surface area contributed by atoms with Crippen molar-refractivity contribution in [2.45, 2.75) is 18.7 Å². The average Bonchev–Trinajstić information content (AvgIpc) is 2.36. The second-order valence-electron chi connectivity index (χ2n) is 4.81. The largest absolute Gasteiger partial charge is 0.416 e. The highest BCUT2D eigenvalue weighted by molar-refractivity contribution is 7.98. The van der Waals surface area contributed by atoms with E-state index in [1.54, 1.807) is 6.92 Å². The quantitative estimate of drug-likeness (QED) is 0.781. The number of alkyl halides is 3. The lowest BCUT2D eigenvalue weighted by Crippen LogP contribution is -2.43. The minimum absolute atomic E-state index is 0.0420. The standard InChI is InChI=1S/C13H17F3N2O2S/c1-12(20,8-21-2)7-17-11(19)18-10-5-3-9(4-6-10)13(14,15)16/h3-6,20H,7-8H2,1-2H3,(H2,17,18,19)/t12-/m0/s1. The molecular formula is C13H17F3N2O2S. The third kappa shape index (κ3) is 6.26. The molecule has 1 aromatic rings. The Bertz CT molecular complexity index is 475. The maximum Gasteiger partial charge on any atom is 0.416 e. The van der Waals surface area contributed by atoms with Gasteiger partial charge in [-0.3, -0.25) is 0 Å². The molecule has 118 valence electrons. The van der Waals surface area contributed by atoms with Gasteiger partial charge in [-0.1, -0.05) is 0 Å². The lowest BCUT2D eigenvalue weighted by molar-refractivity contribution is -0.137. The highest BCUT2D eigenvalue weighted by Crippen LogP contribution is 2.29. The van der Waals surface area contributed by atoms with E-state index in [9.17, 15) is 23.1 Å². The summed E-state index contributed by atoms with van der Waals surface area (Å²) in [6.07, 6.45) is -2.58. The minimum Gasteiger partial charge on any atom is -0.387 e. The van der Waals surface area contributed by atoms with Crippen molar-refractivity contribution in [1.29, 1.82) is 0 Å². The molecule has 21 heavy (non-hydrogen) atoms. The summed E-state index contributed by atoms with van der Waals surface area (Å²) in [6.45, 7) is 1.63. The van der Waals surface area contributed by atoms with E-state index < -0.39 is 23.4 Å². The molecule has 0 bridgehead atoms. The summed E-state index contributed by atoms with van der Waals surface area (Å²) in [7, 11) is 0. The van der Waals surface area contributed by atoms with Crippen LogP contribution in [0.5, 0.6) is 0 Å². The number of anilines is 1. The van der Waals surface area contributed by atoms with Gasteiger partial charge in [0.1, 0.15) is 0 Å². The van der Waals surface area contributed by atoms with Crippen molar-refractivity contribution in [3.63, 3.8) is 0 Å². The number of urea groups is 1. The molecule has 1 atom stereocenters. The molecule has 0 spiro atoms. The molecule has 0 aliphatic heterocycles. The molecule has 0 aliphatic rings. The summed E-state index contributed by atoms with van der Waals surface area (Å²) in [4.78, 5) is 11.6. The van der Waals surface area contributed by atoms with Gasteiger partial charge >= 0.3 is 12.2 Å². The molecule has 0 fully saturated rings. The summed E-state index contributed by atoms with van der Waals surface area (Å²) >= 11 is 1.44. The molecule has 8 heteroatoms. The first-order valence-corrected chi connectivity index (χ1v) is 7.47. The van der Waals surface area contributed by atoms with E-state index in [0.29, 0.717) is 5.75 Å². The Morgan fingerprint density at radius 3 is 2.33 bits per heavy atom. The van der Waals surface area contributed by atoms with Gasteiger partial charge in [0.2, 0.25) is 0 Å². The van der Waals surface area contributed by atoms with Crippen LogP contribution in [0.2, 0.25) is 0 Å². The lowest BCUT2D eigenvalue weighted by Gasteiger charge is -2.22. The van der Waals surface area contributed by atoms with E-state index in [4.69, 9.17) is 0 Å². The van der Waals surface area contributed by atoms with Crippen molar-refractivity contribution in [2.24, 2.45) is 0 Å². The van der Waals surface area contributed by atoms with Crippen LogP contribution in [0, 0.1) is 0 Å². The normalized spacial score (nSPS) is 14.4. The molecule has 0 heterocycles.